The van der Waals surface area contributed by atoms with Gasteiger partial charge in [-0.3, -0.25) is 9.78 Å². The molecule has 0 spiro atoms. The van der Waals surface area contributed by atoms with Crippen LogP contribution in [0.2, 0.25) is 0 Å². The zero-order valence-corrected chi connectivity index (χ0v) is 10.9. The van der Waals surface area contributed by atoms with Crippen molar-refractivity contribution in [2.24, 2.45) is 0 Å². The highest BCUT2D eigenvalue weighted by Gasteiger charge is 2.15. The Morgan fingerprint density at radius 1 is 1.52 bits per heavy atom. The molecule has 0 aliphatic heterocycles. The van der Waals surface area contributed by atoms with Gasteiger partial charge in [-0.05, 0) is 4.92 Å². The van der Waals surface area contributed by atoms with Crippen molar-refractivity contribution in [3.8, 4) is 0 Å². The van der Waals surface area contributed by atoms with Gasteiger partial charge in [0.2, 0.25) is 5.82 Å². The summed E-state index contributed by atoms with van der Waals surface area (Å²) >= 11 is 0. The Bertz CT molecular complexity index is 734. The molecule has 0 aliphatic carbocycles. The Labute approximate surface area is 116 Å². The molecule has 0 atom stereocenters. The van der Waals surface area contributed by atoms with E-state index in [0.717, 1.165) is 0 Å². The summed E-state index contributed by atoms with van der Waals surface area (Å²) in [5, 5.41) is 19.0. The van der Waals surface area contributed by atoms with Gasteiger partial charge in [-0.15, -0.1) is 0 Å². The number of aromatic nitrogens is 4. The van der Waals surface area contributed by atoms with E-state index < -0.39 is 22.0 Å². The highest BCUT2D eigenvalue weighted by molar-refractivity contribution is 5.18. The van der Waals surface area contributed by atoms with Crippen LogP contribution in [0, 0.1) is 22.9 Å². The number of nitrogens with one attached hydrogen (secondary N) is 2. The lowest BCUT2D eigenvalue weighted by Crippen LogP contribution is -2.23. The van der Waals surface area contributed by atoms with Gasteiger partial charge in [-0.2, -0.15) is 4.39 Å². The maximum absolute atomic E-state index is 12.0. The van der Waals surface area contributed by atoms with Gasteiger partial charge < -0.3 is 20.2 Å². The van der Waals surface area contributed by atoms with Crippen LogP contribution in [-0.2, 0) is 6.54 Å². The molecular formula is C10H12FN5O5. The molecule has 10 nitrogen and oxygen atoms in total. The van der Waals surface area contributed by atoms with Crippen molar-refractivity contribution in [2.45, 2.75) is 13.5 Å². The lowest BCUT2D eigenvalue weighted by atomic mass is 10.6. The van der Waals surface area contributed by atoms with Crippen LogP contribution in [0.4, 0.5) is 10.2 Å². The van der Waals surface area contributed by atoms with Crippen LogP contribution >= 0.6 is 0 Å². The Morgan fingerprint density at radius 2 is 2.19 bits per heavy atom. The molecule has 0 aliphatic rings. The number of aromatic amines is 2. The number of hydrogen-bond donors (Lipinski definition) is 3. The van der Waals surface area contributed by atoms with Crippen molar-refractivity contribution in [3.05, 3.63) is 55.0 Å². The molecule has 2 rings (SSSR count). The lowest BCUT2D eigenvalue weighted by molar-refractivity contribution is -0.392. The monoisotopic (exact) mass is 301 g/mol. The zero-order valence-electron chi connectivity index (χ0n) is 10.9. The molecule has 0 aromatic carbocycles. The number of nitro groups is 1. The number of imidazole rings is 1. The molecule has 0 amide bonds. The first-order valence-electron chi connectivity index (χ1n) is 5.61. The number of nitrogens with zero attached hydrogens (tertiary/aromatic N) is 3. The largest absolute Gasteiger partial charge is 0.392 e. The lowest BCUT2D eigenvalue weighted by Gasteiger charge is -1.98. The first-order valence-corrected chi connectivity index (χ1v) is 5.61. The molecule has 11 heteroatoms. The molecule has 2 aromatic heterocycles. The number of hydrogen-bond acceptors (Lipinski definition) is 6. The topological polar surface area (TPSA) is 147 Å². The number of aryl methyl sites for hydroxylation is 1. The van der Waals surface area contributed by atoms with Crippen molar-refractivity contribution in [1.82, 2.24) is 19.5 Å². The summed E-state index contributed by atoms with van der Waals surface area (Å²) in [6.07, 6.45) is 1.90. The second-order valence-electron chi connectivity index (χ2n) is 3.72. The van der Waals surface area contributed by atoms with E-state index >= 15 is 0 Å². The summed E-state index contributed by atoms with van der Waals surface area (Å²) in [6, 6.07) is 0. The summed E-state index contributed by atoms with van der Waals surface area (Å²) in [4.78, 5) is 37.6. The number of H-pyrrole nitrogens is 2. The van der Waals surface area contributed by atoms with Gasteiger partial charge in [0.15, 0.2) is 5.82 Å². The number of aliphatic hydroxyl groups is 1. The van der Waals surface area contributed by atoms with E-state index in [1.54, 1.807) is 11.9 Å². The molecule has 2 aromatic rings. The van der Waals surface area contributed by atoms with Crippen molar-refractivity contribution in [3.63, 3.8) is 0 Å². The minimum absolute atomic E-state index is 0.0819. The van der Waals surface area contributed by atoms with Crippen LogP contribution in [0.1, 0.15) is 5.82 Å². The predicted octanol–water partition coefficient (Wildman–Crippen LogP) is -0.706. The van der Waals surface area contributed by atoms with E-state index in [2.05, 4.69) is 4.98 Å². The van der Waals surface area contributed by atoms with Crippen LogP contribution in [-0.4, -0.2) is 36.2 Å². The SMILES string of the molecule is Cc1ncc([N+](=O)[O-])n1CCO.O=c1[nH]cc(F)c(=O)[nH]1. The van der Waals surface area contributed by atoms with Gasteiger partial charge in [0, 0.05) is 13.1 Å². The third-order valence-electron chi connectivity index (χ3n) is 2.32. The predicted molar refractivity (Wildman–Crippen MR) is 68.3 cm³/mol. The van der Waals surface area contributed by atoms with Crippen molar-refractivity contribution in [2.75, 3.05) is 6.61 Å². The molecular weight excluding hydrogens is 289 g/mol. The summed E-state index contributed by atoms with van der Waals surface area (Å²) in [5.74, 6) is -0.535. The van der Waals surface area contributed by atoms with E-state index in [4.69, 9.17) is 5.11 Å². The second-order valence-corrected chi connectivity index (χ2v) is 3.72. The highest BCUT2D eigenvalue weighted by Crippen LogP contribution is 2.12. The average molecular weight is 301 g/mol. The fourth-order valence-electron chi connectivity index (χ4n) is 1.37. The van der Waals surface area contributed by atoms with E-state index in [9.17, 15) is 24.1 Å². The number of halogens is 1. The fourth-order valence-corrected chi connectivity index (χ4v) is 1.37. The van der Waals surface area contributed by atoms with Crippen molar-refractivity contribution in [1.29, 1.82) is 0 Å². The maximum atomic E-state index is 12.0. The number of aliphatic hydroxyl groups excluding tert-OH is 1. The normalized spacial score (nSPS) is 9.86. The molecule has 0 saturated heterocycles. The molecule has 21 heavy (non-hydrogen) atoms. The fraction of sp³-hybridized carbons (Fsp3) is 0.300. The molecule has 0 fully saturated rings. The molecule has 0 bridgehead atoms. The summed E-state index contributed by atoms with van der Waals surface area (Å²) in [5.41, 5.74) is -1.71. The maximum Gasteiger partial charge on any atom is 0.342 e. The Balaban J connectivity index is 0.000000219. The van der Waals surface area contributed by atoms with Gasteiger partial charge >= 0.3 is 11.5 Å². The molecule has 2 heterocycles. The van der Waals surface area contributed by atoms with E-state index in [1.807, 2.05) is 4.98 Å². The van der Waals surface area contributed by atoms with Gasteiger partial charge in [-0.1, -0.05) is 0 Å². The van der Waals surface area contributed by atoms with Crippen LogP contribution in [0.5, 0.6) is 0 Å². The van der Waals surface area contributed by atoms with Gasteiger partial charge in [-0.25, -0.2) is 14.3 Å². The average Bonchev–Trinajstić information content (AvgIpc) is 2.78. The quantitative estimate of drug-likeness (QED) is 0.504. The summed E-state index contributed by atoms with van der Waals surface area (Å²) in [7, 11) is 0. The van der Waals surface area contributed by atoms with Crippen LogP contribution in [0.25, 0.3) is 0 Å². The van der Waals surface area contributed by atoms with Gasteiger partial charge in [0.05, 0.1) is 6.61 Å². The summed E-state index contributed by atoms with van der Waals surface area (Å²) < 4.78 is 13.3. The van der Waals surface area contributed by atoms with Gasteiger partial charge in [0.25, 0.3) is 5.56 Å². The molecule has 0 unspecified atom stereocenters. The third kappa shape index (κ3) is 4.35. The minimum Gasteiger partial charge on any atom is -0.392 e. The standard InChI is InChI=1S/C6H9N3O3.C4H3FN2O2/c1-5-7-4-6(9(11)12)8(5)2-3-10;5-2-1-6-4(9)7-3(2)8/h4,10H,2-3H2,1H3;1H,(H2,6,7,8,9). The van der Waals surface area contributed by atoms with Crippen LogP contribution in [0.15, 0.2) is 22.0 Å². The van der Waals surface area contributed by atoms with Gasteiger partial charge in [0.1, 0.15) is 12.7 Å². The smallest absolute Gasteiger partial charge is 0.342 e. The van der Waals surface area contributed by atoms with E-state index in [0.29, 0.717) is 12.0 Å². The van der Waals surface area contributed by atoms with E-state index in [1.165, 1.54) is 10.8 Å². The van der Waals surface area contributed by atoms with Crippen LogP contribution in [0.3, 0.4) is 0 Å². The Morgan fingerprint density at radius 3 is 2.67 bits per heavy atom. The highest BCUT2D eigenvalue weighted by atomic mass is 19.1. The third-order valence-corrected chi connectivity index (χ3v) is 2.32. The summed E-state index contributed by atoms with van der Waals surface area (Å²) in [6.45, 7) is 1.74. The second kappa shape index (κ2) is 7.09. The van der Waals surface area contributed by atoms with Crippen LogP contribution < -0.4 is 11.2 Å². The van der Waals surface area contributed by atoms with Crippen molar-refractivity contribution >= 4 is 5.82 Å². The number of rotatable bonds is 3. The first kappa shape index (κ1) is 16.2. The Kier molecular flexibility index (Phi) is 5.48. The Hall–Kier alpha value is -2.82. The molecule has 114 valence electrons. The molecule has 0 radical (unpaired) electrons. The minimum atomic E-state index is -1.00. The van der Waals surface area contributed by atoms with E-state index in [-0.39, 0.29) is 19.0 Å². The zero-order chi connectivity index (χ0) is 16.0. The molecule has 0 saturated carbocycles. The molecule has 3 N–H and O–H groups in total. The first-order chi connectivity index (χ1) is 9.86. The van der Waals surface area contributed by atoms with Crippen molar-refractivity contribution < 1.29 is 14.4 Å².